The largest absolute Gasteiger partial charge is 0.340 e. The fourth-order valence-corrected chi connectivity index (χ4v) is 4.56. The molecule has 4 atom stereocenters. The normalized spacial score (nSPS) is 38.3. The Bertz CT molecular complexity index is 288. The van der Waals surface area contributed by atoms with E-state index in [1.54, 1.807) is 0 Å². The van der Waals surface area contributed by atoms with Crippen molar-refractivity contribution < 1.29 is 4.79 Å². The average molecular weight is 270 g/mol. The van der Waals surface area contributed by atoms with E-state index in [-0.39, 0.29) is 12.0 Å². The van der Waals surface area contributed by atoms with Crippen LogP contribution >= 0.6 is 11.8 Å². The van der Waals surface area contributed by atoms with Crippen LogP contribution in [0, 0.1) is 5.92 Å². The zero-order valence-electron chi connectivity index (χ0n) is 11.6. The first-order valence-corrected chi connectivity index (χ1v) is 8.22. The van der Waals surface area contributed by atoms with Crippen molar-refractivity contribution >= 4 is 17.7 Å². The van der Waals surface area contributed by atoms with Crippen LogP contribution < -0.4 is 5.73 Å². The molecule has 2 N–H and O–H groups in total. The van der Waals surface area contributed by atoms with Crippen LogP contribution in [-0.4, -0.2) is 40.4 Å². The Labute approximate surface area is 115 Å². The molecule has 0 bridgehead atoms. The Hall–Kier alpha value is -0.220. The molecule has 4 heteroatoms. The summed E-state index contributed by atoms with van der Waals surface area (Å²) in [5.74, 6) is 0.401. The van der Waals surface area contributed by atoms with Crippen LogP contribution in [0.3, 0.4) is 0 Å². The van der Waals surface area contributed by atoms with Crippen molar-refractivity contribution in [2.75, 3.05) is 13.1 Å². The molecule has 1 amide bonds. The molecule has 1 aliphatic heterocycles. The number of rotatable bonds is 1. The summed E-state index contributed by atoms with van der Waals surface area (Å²) < 4.78 is 0. The number of amides is 1. The minimum atomic E-state index is 0.0787. The number of nitrogens with zero attached hydrogens (tertiary/aromatic N) is 1. The Kier molecular flexibility index (Phi) is 4.96. The summed E-state index contributed by atoms with van der Waals surface area (Å²) in [6.07, 6.45) is 5.60. The van der Waals surface area contributed by atoms with Gasteiger partial charge in [0.2, 0.25) is 5.91 Å². The summed E-state index contributed by atoms with van der Waals surface area (Å²) in [6, 6.07) is 0.0835. The molecule has 104 valence electrons. The zero-order valence-corrected chi connectivity index (χ0v) is 12.4. The molecule has 0 spiro atoms. The van der Waals surface area contributed by atoms with E-state index in [1.807, 2.05) is 11.8 Å². The van der Waals surface area contributed by atoms with Gasteiger partial charge in [0.1, 0.15) is 0 Å². The fraction of sp³-hybridized carbons (Fsp3) is 0.929. The van der Waals surface area contributed by atoms with Gasteiger partial charge in [-0.15, -0.1) is 0 Å². The van der Waals surface area contributed by atoms with Crippen LogP contribution in [0.5, 0.6) is 0 Å². The van der Waals surface area contributed by atoms with Gasteiger partial charge in [-0.05, 0) is 12.8 Å². The number of carbonyl (C=O) groups excluding carboxylic acids is 1. The van der Waals surface area contributed by atoms with Crippen LogP contribution in [0.25, 0.3) is 0 Å². The summed E-state index contributed by atoms with van der Waals surface area (Å²) in [6.45, 7) is 6.23. The van der Waals surface area contributed by atoms with Gasteiger partial charge in [-0.1, -0.05) is 33.1 Å². The van der Waals surface area contributed by atoms with E-state index in [9.17, 15) is 4.79 Å². The van der Waals surface area contributed by atoms with Gasteiger partial charge >= 0.3 is 0 Å². The second-order valence-electron chi connectivity index (χ2n) is 5.91. The van der Waals surface area contributed by atoms with Gasteiger partial charge in [0.25, 0.3) is 0 Å². The second-order valence-corrected chi connectivity index (χ2v) is 7.79. The smallest absolute Gasteiger partial charge is 0.227 e. The van der Waals surface area contributed by atoms with Crippen molar-refractivity contribution in [2.24, 2.45) is 11.7 Å². The summed E-state index contributed by atoms with van der Waals surface area (Å²) in [5.41, 5.74) is 6.20. The van der Waals surface area contributed by atoms with Crippen molar-refractivity contribution in [1.82, 2.24) is 4.90 Å². The first-order chi connectivity index (χ1) is 8.58. The van der Waals surface area contributed by atoms with E-state index in [4.69, 9.17) is 5.73 Å². The summed E-state index contributed by atoms with van der Waals surface area (Å²) in [7, 11) is 0. The molecule has 2 fully saturated rings. The quantitative estimate of drug-likeness (QED) is 0.743. The maximum Gasteiger partial charge on any atom is 0.227 e. The van der Waals surface area contributed by atoms with Gasteiger partial charge in [0.15, 0.2) is 0 Å². The molecule has 1 heterocycles. The molecule has 0 aromatic carbocycles. The van der Waals surface area contributed by atoms with Crippen molar-refractivity contribution in [3.05, 3.63) is 0 Å². The number of hydrogen-bond acceptors (Lipinski definition) is 3. The predicted octanol–water partition coefficient (Wildman–Crippen LogP) is 2.25. The Morgan fingerprint density at radius 3 is 2.39 bits per heavy atom. The lowest BCUT2D eigenvalue weighted by molar-refractivity contribution is -0.136. The summed E-state index contributed by atoms with van der Waals surface area (Å²) in [4.78, 5) is 14.7. The second kappa shape index (κ2) is 6.29. The van der Waals surface area contributed by atoms with Crippen LogP contribution in [0.2, 0.25) is 0 Å². The van der Waals surface area contributed by atoms with Crippen molar-refractivity contribution in [3.8, 4) is 0 Å². The lowest BCUT2D eigenvalue weighted by Gasteiger charge is -2.37. The number of thioether (sulfide) groups is 1. The average Bonchev–Trinajstić information content (AvgIpc) is 2.51. The van der Waals surface area contributed by atoms with Crippen molar-refractivity contribution in [1.29, 1.82) is 0 Å². The third-order valence-corrected chi connectivity index (χ3v) is 5.35. The van der Waals surface area contributed by atoms with Crippen LogP contribution in [-0.2, 0) is 4.79 Å². The van der Waals surface area contributed by atoms with E-state index in [0.29, 0.717) is 16.4 Å². The van der Waals surface area contributed by atoms with Gasteiger partial charge in [0.05, 0.1) is 5.92 Å². The highest BCUT2D eigenvalue weighted by atomic mass is 32.2. The molecule has 0 unspecified atom stereocenters. The predicted molar refractivity (Wildman–Crippen MR) is 77.6 cm³/mol. The third kappa shape index (κ3) is 3.41. The molecule has 2 aliphatic rings. The number of carbonyl (C=O) groups is 1. The number of nitrogens with two attached hydrogens (primary N) is 1. The molecule has 0 radical (unpaired) electrons. The molecule has 0 aromatic rings. The van der Waals surface area contributed by atoms with E-state index in [0.717, 1.165) is 32.4 Å². The highest BCUT2D eigenvalue weighted by molar-refractivity contribution is 8.00. The molecular weight excluding hydrogens is 244 g/mol. The monoisotopic (exact) mass is 270 g/mol. The van der Waals surface area contributed by atoms with E-state index in [2.05, 4.69) is 18.7 Å². The van der Waals surface area contributed by atoms with Gasteiger partial charge in [0, 0.05) is 29.6 Å². The SMILES string of the molecule is C[C@@H]1CN(C(=O)[C@@H]2CCCCC[C@@H]2N)C[C@H](C)S1. The molecule has 1 saturated carbocycles. The highest BCUT2D eigenvalue weighted by Gasteiger charge is 2.33. The molecular formula is C14H26N2OS. The van der Waals surface area contributed by atoms with E-state index in [1.165, 1.54) is 12.8 Å². The maximum atomic E-state index is 12.6. The molecule has 3 nitrogen and oxygen atoms in total. The zero-order chi connectivity index (χ0) is 13.1. The molecule has 1 saturated heterocycles. The maximum absolute atomic E-state index is 12.6. The first kappa shape index (κ1) is 14.2. The molecule has 2 rings (SSSR count). The molecule has 18 heavy (non-hydrogen) atoms. The van der Waals surface area contributed by atoms with Crippen LogP contribution in [0.4, 0.5) is 0 Å². The van der Waals surface area contributed by atoms with Gasteiger partial charge in [-0.3, -0.25) is 4.79 Å². The summed E-state index contributed by atoms with van der Waals surface area (Å²) >= 11 is 1.99. The fourth-order valence-electron chi connectivity index (χ4n) is 3.24. The van der Waals surface area contributed by atoms with E-state index < -0.39 is 0 Å². The Morgan fingerprint density at radius 1 is 1.11 bits per heavy atom. The molecule has 1 aliphatic carbocycles. The third-order valence-electron chi connectivity index (χ3n) is 4.12. The summed E-state index contributed by atoms with van der Waals surface area (Å²) in [5, 5.41) is 1.11. The van der Waals surface area contributed by atoms with E-state index >= 15 is 0 Å². The van der Waals surface area contributed by atoms with Gasteiger partial charge in [-0.25, -0.2) is 0 Å². The minimum Gasteiger partial charge on any atom is -0.340 e. The first-order valence-electron chi connectivity index (χ1n) is 7.27. The lowest BCUT2D eigenvalue weighted by Crippen LogP contribution is -2.50. The lowest BCUT2D eigenvalue weighted by atomic mass is 9.93. The minimum absolute atomic E-state index is 0.0787. The van der Waals surface area contributed by atoms with Crippen LogP contribution in [0.1, 0.15) is 46.0 Å². The van der Waals surface area contributed by atoms with Crippen molar-refractivity contribution in [3.63, 3.8) is 0 Å². The highest BCUT2D eigenvalue weighted by Crippen LogP contribution is 2.29. The number of hydrogen-bond donors (Lipinski definition) is 1. The standard InChI is InChI=1S/C14H26N2OS/c1-10-8-16(9-11(2)18-10)14(17)12-6-4-3-5-7-13(12)15/h10-13H,3-9,15H2,1-2H3/t10-,11+,12-,13+/m1/s1. The van der Waals surface area contributed by atoms with Gasteiger partial charge in [-0.2, -0.15) is 11.8 Å². The Morgan fingerprint density at radius 2 is 1.72 bits per heavy atom. The van der Waals surface area contributed by atoms with Gasteiger partial charge < -0.3 is 10.6 Å². The van der Waals surface area contributed by atoms with Crippen LogP contribution in [0.15, 0.2) is 0 Å². The topological polar surface area (TPSA) is 46.3 Å². The Balaban J connectivity index is 2.00. The van der Waals surface area contributed by atoms with Crippen molar-refractivity contribution in [2.45, 2.75) is 62.5 Å². The molecule has 0 aromatic heterocycles.